The van der Waals surface area contributed by atoms with Crippen LogP contribution in [0.1, 0.15) is 24.0 Å². The van der Waals surface area contributed by atoms with Crippen LogP contribution >= 0.6 is 0 Å². The number of alkyl halides is 3. The fraction of sp³-hybridized carbons (Fsp3) is 0.444. The third-order valence-electron chi connectivity index (χ3n) is 4.59. The van der Waals surface area contributed by atoms with Gasteiger partial charge in [0.2, 0.25) is 0 Å². The van der Waals surface area contributed by atoms with Crippen LogP contribution in [0, 0.1) is 6.92 Å². The Morgan fingerprint density at radius 3 is 2.62 bits per heavy atom. The van der Waals surface area contributed by atoms with Crippen LogP contribution in [0.4, 0.5) is 24.7 Å². The van der Waals surface area contributed by atoms with Crippen LogP contribution in [0.5, 0.6) is 0 Å². The van der Waals surface area contributed by atoms with Crippen molar-refractivity contribution in [2.24, 2.45) is 0 Å². The fourth-order valence-corrected chi connectivity index (χ4v) is 3.27. The van der Waals surface area contributed by atoms with Gasteiger partial charge in [0.05, 0.1) is 11.3 Å². The highest BCUT2D eigenvalue weighted by atomic mass is 19.4. The molecule has 140 valence electrons. The molecule has 0 unspecified atom stereocenters. The van der Waals surface area contributed by atoms with Gasteiger partial charge in [-0.25, -0.2) is 0 Å². The lowest BCUT2D eigenvalue weighted by Gasteiger charge is -2.30. The predicted octanol–water partition coefficient (Wildman–Crippen LogP) is 3.56. The normalized spacial score (nSPS) is 18.7. The van der Waals surface area contributed by atoms with Gasteiger partial charge in [0.15, 0.2) is 0 Å². The number of halogens is 3. The van der Waals surface area contributed by atoms with Gasteiger partial charge in [-0.2, -0.15) is 13.2 Å². The average molecular weight is 365 g/mol. The Bertz CT molecular complexity index is 791. The van der Waals surface area contributed by atoms with Crippen LogP contribution in [0.15, 0.2) is 24.3 Å². The second kappa shape index (κ2) is 7.11. The van der Waals surface area contributed by atoms with Crippen molar-refractivity contribution >= 4 is 11.5 Å². The smallest absolute Gasteiger partial charge is 0.398 e. The number of aryl methyl sites for hydroxylation is 1. The van der Waals surface area contributed by atoms with Crippen LogP contribution in [0.3, 0.4) is 0 Å². The first-order valence-corrected chi connectivity index (χ1v) is 8.50. The van der Waals surface area contributed by atoms with Crippen LogP contribution in [-0.2, 0) is 6.18 Å². The number of anilines is 2. The van der Waals surface area contributed by atoms with Crippen molar-refractivity contribution in [2.75, 3.05) is 31.2 Å². The van der Waals surface area contributed by atoms with E-state index in [9.17, 15) is 13.2 Å². The molecule has 3 N–H and O–H groups in total. The van der Waals surface area contributed by atoms with E-state index in [0.717, 1.165) is 43.6 Å². The number of nitrogens with zero attached hydrogens (tertiary/aromatic N) is 3. The summed E-state index contributed by atoms with van der Waals surface area (Å²) in [5.41, 5.74) is 6.84. The van der Waals surface area contributed by atoms with Gasteiger partial charge >= 0.3 is 6.18 Å². The summed E-state index contributed by atoms with van der Waals surface area (Å²) in [6, 6.07) is 5.45. The lowest BCUT2D eigenvalue weighted by Crippen LogP contribution is -2.39. The van der Waals surface area contributed by atoms with E-state index < -0.39 is 11.7 Å². The molecule has 0 radical (unpaired) electrons. The van der Waals surface area contributed by atoms with E-state index in [0.29, 0.717) is 23.1 Å². The van der Waals surface area contributed by atoms with E-state index in [4.69, 9.17) is 5.73 Å². The molecule has 8 heteroatoms. The molecule has 0 bridgehead atoms. The first-order valence-electron chi connectivity index (χ1n) is 8.50. The quantitative estimate of drug-likeness (QED) is 0.814. The lowest BCUT2D eigenvalue weighted by molar-refractivity contribution is -0.137. The molecule has 5 nitrogen and oxygen atoms in total. The summed E-state index contributed by atoms with van der Waals surface area (Å²) in [6.45, 7) is 3.88. The van der Waals surface area contributed by atoms with E-state index in [1.165, 1.54) is 6.07 Å². The first kappa shape index (κ1) is 18.4. The molecule has 0 saturated carbocycles. The zero-order valence-corrected chi connectivity index (χ0v) is 14.8. The number of piperidine rings is 1. The Balaban J connectivity index is 1.81. The maximum Gasteiger partial charge on any atom is 0.416 e. The predicted molar refractivity (Wildman–Crippen MR) is 95.8 cm³/mol. The molecule has 1 aromatic heterocycles. The summed E-state index contributed by atoms with van der Waals surface area (Å²) in [6.07, 6.45) is -2.23. The van der Waals surface area contributed by atoms with Gasteiger partial charge in [-0.3, -0.25) is 0 Å². The van der Waals surface area contributed by atoms with Crippen molar-refractivity contribution in [3.8, 4) is 11.3 Å². The van der Waals surface area contributed by atoms with Crippen molar-refractivity contribution < 1.29 is 13.2 Å². The number of hydrogen-bond acceptors (Lipinski definition) is 5. The zero-order valence-electron chi connectivity index (χ0n) is 14.8. The Kier molecular flexibility index (Phi) is 5.04. The molecule has 3 rings (SSSR count). The number of nitrogens with one attached hydrogen (secondary N) is 1. The summed E-state index contributed by atoms with van der Waals surface area (Å²) in [4.78, 5) is 2.26. The van der Waals surface area contributed by atoms with Crippen LogP contribution in [-0.4, -0.2) is 41.3 Å². The van der Waals surface area contributed by atoms with Crippen molar-refractivity contribution in [1.29, 1.82) is 0 Å². The van der Waals surface area contributed by atoms with Gasteiger partial charge < -0.3 is 16.0 Å². The van der Waals surface area contributed by atoms with E-state index in [1.807, 2.05) is 13.0 Å². The largest absolute Gasteiger partial charge is 0.416 e. The third kappa shape index (κ3) is 4.07. The van der Waals surface area contributed by atoms with E-state index >= 15 is 0 Å². The molecule has 1 aromatic carbocycles. The molecule has 0 spiro atoms. The topological polar surface area (TPSA) is 67.1 Å². The number of benzene rings is 1. The number of likely N-dealkylation sites (tertiary alicyclic amines) is 1. The van der Waals surface area contributed by atoms with Gasteiger partial charge in [0.1, 0.15) is 5.82 Å². The molecule has 0 amide bonds. The SMILES string of the molecule is Cc1cc(N[C@@H]2CCCN(C)C2)nnc1-c1ccc(C(F)(F)F)cc1N. The summed E-state index contributed by atoms with van der Waals surface area (Å²) < 4.78 is 38.4. The minimum absolute atomic E-state index is 0.0341. The molecule has 26 heavy (non-hydrogen) atoms. The number of nitrogens with two attached hydrogens (primary N) is 1. The standard InChI is InChI=1S/C18H22F3N5/c1-11-8-16(23-13-4-3-7-26(2)10-13)24-25-17(11)14-6-5-12(9-15(14)22)18(19,20)21/h5-6,8-9,13H,3-4,7,10,22H2,1-2H3,(H,23,24)/t13-/m1/s1. The zero-order chi connectivity index (χ0) is 18.9. The summed E-state index contributed by atoms with van der Waals surface area (Å²) in [5, 5.41) is 11.8. The summed E-state index contributed by atoms with van der Waals surface area (Å²) in [5.74, 6) is 0.664. The molecule has 2 aromatic rings. The molecule has 1 fully saturated rings. The van der Waals surface area contributed by atoms with Crippen LogP contribution in [0.2, 0.25) is 0 Å². The highest BCUT2D eigenvalue weighted by Crippen LogP contribution is 2.35. The monoisotopic (exact) mass is 365 g/mol. The Labute approximate surface area is 150 Å². The van der Waals surface area contributed by atoms with E-state index in [-0.39, 0.29) is 5.69 Å². The Morgan fingerprint density at radius 1 is 1.23 bits per heavy atom. The van der Waals surface area contributed by atoms with Gasteiger partial charge in [-0.15, -0.1) is 10.2 Å². The van der Waals surface area contributed by atoms with Gasteiger partial charge in [0.25, 0.3) is 0 Å². The maximum absolute atomic E-state index is 12.8. The van der Waals surface area contributed by atoms with Crippen LogP contribution < -0.4 is 11.1 Å². The lowest BCUT2D eigenvalue weighted by atomic mass is 10.0. The van der Waals surface area contributed by atoms with E-state index in [1.54, 1.807) is 0 Å². The Morgan fingerprint density at radius 2 is 2.00 bits per heavy atom. The average Bonchev–Trinajstić information content (AvgIpc) is 2.55. The molecule has 0 aliphatic carbocycles. The fourth-order valence-electron chi connectivity index (χ4n) is 3.27. The van der Waals surface area contributed by atoms with Crippen molar-refractivity contribution in [3.63, 3.8) is 0 Å². The summed E-state index contributed by atoms with van der Waals surface area (Å²) in [7, 11) is 2.08. The minimum Gasteiger partial charge on any atom is -0.398 e. The number of likely N-dealkylation sites (N-methyl/N-ethyl adjacent to an activating group) is 1. The Hall–Kier alpha value is -2.35. The van der Waals surface area contributed by atoms with Gasteiger partial charge in [0, 0.05) is 23.8 Å². The minimum atomic E-state index is -4.42. The highest BCUT2D eigenvalue weighted by Gasteiger charge is 2.31. The number of hydrogen-bond donors (Lipinski definition) is 2. The number of nitrogen functional groups attached to an aromatic ring is 1. The first-order chi connectivity index (χ1) is 12.2. The van der Waals surface area contributed by atoms with Crippen molar-refractivity contribution in [1.82, 2.24) is 15.1 Å². The van der Waals surface area contributed by atoms with Crippen molar-refractivity contribution in [2.45, 2.75) is 32.0 Å². The highest BCUT2D eigenvalue weighted by molar-refractivity contribution is 5.76. The molecular formula is C18H22F3N5. The molecule has 1 aliphatic rings. The van der Waals surface area contributed by atoms with Crippen LogP contribution in [0.25, 0.3) is 11.3 Å². The second-order valence-corrected chi connectivity index (χ2v) is 6.81. The molecule has 2 heterocycles. The molecule has 1 aliphatic heterocycles. The third-order valence-corrected chi connectivity index (χ3v) is 4.59. The summed E-state index contributed by atoms with van der Waals surface area (Å²) >= 11 is 0. The van der Waals surface area contributed by atoms with E-state index in [2.05, 4.69) is 27.5 Å². The molecular weight excluding hydrogens is 343 g/mol. The molecule has 1 saturated heterocycles. The second-order valence-electron chi connectivity index (χ2n) is 6.81. The van der Waals surface area contributed by atoms with Crippen molar-refractivity contribution in [3.05, 3.63) is 35.4 Å². The number of rotatable bonds is 3. The van der Waals surface area contributed by atoms with Gasteiger partial charge in [-0.05, 0) is 57.1 Å². The number of aromatic nitrogens is 2. The maximum atomic E-state index is 12.8. The van der Waals surface area contributed by atoms with Gasteiger partial charge in [-0.1, -0.05) is 6.07 Å². The molecule has 1 atom stereocenters.